The maximum absolute atomic E-state index is 13.4. The van der Waals surface area contributed by atoms with Crippen LogP contribution in [0.5, 0.6) is 0 Å². The molecule has 1 aromatic rings. The largest absolute Gasteiger partial charge is 0.396 e. The minimum atomic E-state index is -0.307. The summed E-state index contributed by atoms with van der Waals surface area (Å²) in [6.07, 6.45) is 2.46. The molecule has 0 fully saturated rings. The number of aliphatic hydroxyl groups excluding tert-OH is 1. The molecule has 0 saturated heterocycles. The predicted molar refractivity (Wildman–Crippen MR) is 80.4 cm³/mol. The van der Waals surface area contributed by atoms with Crippen LogP contribution in [0.3, 0.4) is 0 Å². The number of nitrogens with one attached hydrogen (secondary N) is 2. The minimum Gasteiger partial charge on any atom is -0.396 e. The van der Waals surface area contributed by atoms with Crippen LogP contribution in [0.15, 0.2) is 18.2 Å². The Labute approximate surface area is 123 Å². The van der Waals surface area contributed by atoms with Gasteiger partial charge in [0, 0.05) is 24.9 Å². The molecule has 1 unspecified atom stereocenters. The third-order valence-electron chi connectivity index (χ3n) is 2.87. The van der Waals surface area contributed by atoms with Gasteiger partial charge in [-0.2, -0.15) is 11.8 Å². The van der Waals surface area contributed by atoms with Crippen LogP contribution in [0.25, 0.3) is 0 Å². The van der Waals surface area contributed by atoms with Crippen LogP contribution < -0.4 is 10.6 Å². The zero-order chi connectivity index (χ0) is 15.0. The van der Waals surface area contributed by atoms with E-state index in [1.54, 1.807) is 30.8 Å². The Kier molecular flexibility index (Phi) is 7.40. The first-order valence-corrected chi connectivity index (χ1v) is 7.85. The maximum Gasteiger partial charge on any atom is 0.315 e. The number of hydrogen-bond acceptors (Lipinski definition) is 3. The van der Waals surface area contributed by atoms with Gasteiger partial charge in [0.2, 0.25) is 0 Å². The lowest BCUT2D eigenvalue weighted by molar-refractivity contribution is 0.231. The van der Waals surface area contributed by atoms with Crippen molar-refractivity contribution in [3.63, 3.8) is 0 Å². The average molecular weight is 300 g/mol. The molecular formula is C14H21FN2O2S. The summed E-state index contributed by atoms with van der Waals surface area (Å²) in [6.45, 7) is 2.00. The summed E-state index contributed by atoms with van der Waals surface area (Å²) in [5, 5.41) is 14.4. The van der Waals surface area contributed by atoms with Crippen LogP contribution in [0.2, 0.25) is 0 Å². The molecule has 0 heterocycles. The molecule has 0 saturated carbocycles. The number of carbonyl (C=O) groups excluding carboxylic acids is 1. The Hall–Kier alpha value is -1.27. The first-order chi connectivity index (χ1) is 9.56. The standard InChI is InChI=1S/C14H21FN2O2S/c1-10-3-4-11(7-13(10)15)8-16-14(19)17-12(5-6-18)9-20-2/h3-4,7,12,18H,5-6,8-9H2,1-2H3,(H2,16,17,19). The highest BCUT2D eigenvalue weighted by Crippen LogP contribution is 2.08. The smallest absolute Gasteiger partial charge is 0.315 e. The van der Waals surface area contributed by atoms with Gasteiger partial charge in [-0.1, -0.05) is 12.1 Å². The second kappa shape index (κ2) is 8.81. The number of rotatable bonds is 7. The van der Waals surface area contributed by atoms with E-state index in [0.717, 1.165) is 5.75 Å². The van der Waals surface area contributed by atoms with Crippen LogP contribution in [0.1, 0.15) is 17.5 Å². The quantitative estimate of drug-likeness (QED) is 0.722. The zero-order valence-electron chi connectivity index (χ0n) is 11.8. The highest BCUT2D eigenvalue weighted by Gasteiger charge is 2.11. The summed E-state index contributed by atoms with van der Waals surface area (Å²) < 4.78 is 13.4. The third-order valence-corrected chi connectivity index (χ3v) is 3.61. The van der Waals surface area contributed by atoms with Crippen molar-refractivity contribution in [3.05, 3.63) is 35.1 Å². The first kappa shape index (κ1) is 16.8. The molecule has 0 aliphatic carbocycles. The fourth-order valence-corrected chi connectivity index (χ4v) is 2.37. The van der Waals surface area contributed by atoms with Crippen molar-refractivity contribution in [1.82, 2.24) is 10.6 Å². The van der Waals surface area contributed by atoms with E-state index in [2.05, 4.69) is 10.6 Å². The topological polar surface area (TPSA) is 61.4 Å². The summed E-state index contributed by atoms with van der Waals surface area (Å²) in [4.78, 5) is 11.7. The number of aliphatic hydroxyl groups is 1. The van der Waals surface area contributed by atoms with Gasteiger partial charge in [-0.15, -0.1) is 0 Å². The van der Waals surface area contributed by atoms with Crippen LogP contribution in [-0.2, 0) is 6.54 Å². The fourth-order valence-electron chi connectivity index (χ4n) is 1.72. The Morgan fingerprint density at radius 3 is 2.85 bits per heavy atom. The lowest BCUT2D eigenvalue weighted by Crippen LogP contribution is -2.43. The molecule has 4 nitrogen and oxygen atoms in total. The van der Waals surface area contributed by atoms with E-state index in [0.29, 0.717) is 17.5 Å². The van der Waals surface area contributed by atoms with Crippen molar-refractivity contribution in [1.29, 1.82) is 0 Å². The second-order valence-electron chi connectivity index (χ2n) is 4.58. The highest BCUT2D eigenvalue weighted by atomic mass is 32.2. The molecule has 1 atom stereocenters. The van der Waals surface area contributed by atoms with E-state index in [1.165, 1.54) is 6.07 Å². The highest BCUT2D eigenvalue weighted by molar-refractivity contribution is 7.98. The molecule has 3 N–H and O–H groups in total. The van der Waals surface area contributed by atoms with Crippen LogP contribution in [-0.4, -0.2) is 35.8 Å². The third kappa shape index (κ3) is 5.79. The van der Waals surface area contributed by atoms with Crippen LogP contribution in [0.4, 0.5) is 9.18 Å². The van der Waals surface area contributed by atoms with Gasteiger partial charge in [0.15, 0.2) is 0 Å². The monoisotopic (exact) mass is 300 g/mol. The van der Waals surface area contributed by atoms with Crippen molar-refractivity contribution in [2.75, 3.05) is 18.6 Å². The summed E-state index contributed by atoms with van der Waals surface area (Å²) in [6, 6.07) is 4.52. The summed E-state index contributed by atoms with van der Waals surface area (Å²) >= 11 is 1.61. The number of thioether (sulfide) groups is 1. The Morgan fingerprint density at radius 1 is 1.50 bits per heavy atom. The lowest BCUT2D eigenvalue weighted by atomic mass is 10.1. The van der Waals surface area contributed by atoms with Gasteiger partial charge in [-0.3, -0.25) is 0 Å². The first-order valence-electron chi connectivity index (χ1n) is 6.46. The van der Waals surface area contributed by atoms with E-state index in [-0.39, 0.29) is 31.0 Å². The van der Waals surface area contributed by atoms with Crippen LogP contribution >= 0.6 is 11.8 Å². The molecule has 0 spiro atoms. The lowest BCUT2D eigenvalue weighted by Gasteiger charge is -2.17. The number of benzene rings is 1. The van der Waals surface area contributed by atoms with Crippen LogP contribution in [0, 0.1) is 12.7 Å². The van der Waals surface area contributed by atoms with Gasteiger partial charge >= 0.3 is 6.03 Å². The van der Waals surface area contributed by atoms with E-state index in [9.17, 15) is 9.18 Å². The Bertz CT molecular complexity index is 437. The van der Waals surface area contributed by atoms with Crippen molar-refractivity contribution in [2.24, 2.45) is 0 Å². The maximum atomic E-state index is 13.4. The van der Waals surface area contributed by atoms with Gasteiger partial charge in [0.05, 0.1) is 0 Å². The van der Waals surface area contributed by atoms with Gasteiger partial charge in [-0.25, -0.2) is 9.18 Å². The number of hydrogen-bond donors (Lipinski definition) is 3. The summed E-state index contributed by atoms with van der Waals surface area (Å²) in [5.74, 6) is 0.470. The number of amides is 2. The molecule has 1 aromatic carbocycles. The van der Waals surface area contributed by atoms with Gasteiger partial charge in [0.25, 0.3) is 0 Å². The van der Waals surface area contributed by atoms with E-state index < -0.39 is 0 Å². The molecule has 2 amide bonds. The molecule has 0 bridgehead atoms. The average Bonchev–Trinajstić information content (AvgIpc) is 2.41. The van der Waals surface area contributed by atoms with E-state index in [1.807, 2.05) is 6.26 Å². The molecule has 0 aliphatic heterocycles. The molecule has 0 aromatic heterocycles. The molecular weight excluding hydrogens is 279 g/mol. The van der Waals surface area contributed by atoms with Crippen molar-refractivity contribution in [2.45, 2.75) is 25.9 Å². The Balaban J connectivity index is 2.43. The van der Waals surface area contributed by atoms with E-state index in [4.69, 9.17) is 5.11 Å². The summed E-state index contributed by atoms with van der Waals surface area (Å²) in [7, 11) is 0. The van der Waals surface area contributed by atoms with Gasteiger partial charge < -0.3 is 15.7 Å². The van der Waals surface area contributed by atoms with Gasteiger partial charge in [0.1, 0.15) is 5.82 Å². The van der Waals surface area contributed by atoms with Crippen molar-refractivity contribution < 1.29 is 14.3 Å². The molecule has 1 rings (SSSR count). The molecule has 20 heavy (non-hydrogen) atoms. The Morgan fingerprint density at radius 2 is 2.25 bits per heavy atom. The van der Waals surface area contributed by atoms with Crippen molar-refractivity contribution in [3.8, 4) is 0 Å². The second-order valence-corrected chi connectivity index (χ2v) is 5.49. The molecule has 0 aliphatic rings. The molecule has 6 heteroatoms. The van der Waals surface area contributed by atoms with E-state index >= 15 is 0 Å². The number of urea groups is 1. The molecule has 0 radical (unpaired) electrons. The fraction of sp³-hybridized carbons (Fsp3) is 0.500. The minimum absolute atomic E-state index is 0.0364. The zero-order valence-corrected chi connectivity index (χ0v) is 12.6. The SMILES string of the molecule is CSCC(CCO)NC(=O)NCc1ccc(C)c(F)c1. The van der Waals surface area contributed by atoms with Crippen molar-refractivity contribution >= 4 is 17.8 Å². The number of aryl methyl sites for hydroxylation is 1. The molecule has 112 valence electrons. The normalized spacial score (nSPS) is 12.0. The van der Waals surface area contributed by atoms with Gasteiger partial charge in [-0.05, 0) is 36.8 Å². The summed E-state index contributed by atoms with van der Waals surface area (Å²) in [5.41, 5.74) is 1.30. The predicted octanol–water partition coefficient (Wildman–Crippen LogP) is 2.05. The number of halogens is 1. The number of carbonyl (C=O) groups is 1.